The summed E-state index contributed by atoms with van der Waals surface area (Å²) in [6.07, 6.45) is 1.97. The normalized spacial score (nSPS) is 11.5. The number of thiophene rings is 2. The number of nitrogens with one attached hydrogen (secondary N) is 1. The SMILES string of the molecule is O=C(NCc1ccc(Cl)s1)c1cc2c(nc3sccn32)s1. The van der Waals surface area contributed by atoms with Crippen molar-refractivity contribution in [2.45, 2.75) is 6.54 Å². The third-order valence-electron chi connectivity index (χ3n) is 3.02. The van der Waals surface area contributed by atoms with Gasteiger partial charge in [-0.25, -0.2) is 4.98 Å². The molecule has 8 heteroatoms. The molecule has 0 bridgehead atoms. The second-order valence-electron chi connectivity index (χ2n) is 4.36. The van der Waals surface area contributed by atoms with Gasteiger partial charge < -0.3 is 5.32 Å². The van der Waals surface area contributed by atoms with Crippen LogP contribution in [0.2, 0.25) is 4.34 Å². The third-order valence-corrected chi connectivity index (χ3v) is 6.02. The maximum Gasteiger partial charge on any atom is 0.261 e. The van der Waals surface area contributed by atoms with Crippen LogP contribution in [0.5, 0.6) is 0 Å². The Morgan fingerprint density at radius 2 is 2.29 bits per heavy atom. The van der Waals surface area contributed by atoms with Gasteiger partial charge in [-0.1, -0.05) is 11.6 Å². The molecule has 0 aliphatic rings. The van der Waals surface area contributed by atoms with Crippen LogP contribution in [-0.2, 0) is 6.54 Å². The second-order valence-corrected chi connectivity index (χ2v) is 8.06. The van der Waals surface area contributed by atoms with Crippen LogP contribution in [0.4, 0.5) is 0 Å². The zero-order chi connectivity index (χ0) is 14.4. The van der Waals surface area contributed by atoms with Crippen LogP contribution in [0.15, 0.2) is 29.8 Å². The molecule has 1 amide bonds. The van der Waals surface area contributed by atoms with Crippen molar-refractivity contribution in [3.63, 3.8) is 0 Å². The lowest BCUT2D eigenvalue weighted by molar-refractivity contribution is 0.0955. The first-order valence-electron chi connectivity index (χ1n) is 6.08. The standard InChI is InChI=1S/C13H8ClN3OS3/c14-10-2-1-7(20-10)6-15-11(18)9-5-8-12(21-9)16-13-17(8)3-4-19-13/h1-5H,6H2,(H,15,18). The van der Waals surface area contributed by atoms with Gasteiger partial charge in [0.2, 0.25) is 0 Å². The molecule has 4 heterocycles. The number of rotatable bonds is 3. The van der Waals surface area contributed by atoms with Gasteiger partial charge in [-0.2, -0.15) is 0 Å². The van der Waals surface area contributed by atoms with Crippen LogP contribution in [0.3, 0.4) is 0 Å². The molecule has 1 N–H and O–H groups in total. The van der Waals surface area contributed by atoms with Crippen molar-refractivity contribution in [2.75, 3.05) is 0 Å². The fourth-order valence-corrected chi connectivity index (χ4v) is 4.80. The van der Waals surface area contributed by atoms with Crippen molar-refractivity contribution in [3.8, 4) is 0 Å². The molecule has 0 aromatic carbocycles. The molecular formula is C13H8ClN3OS3. The number of aromatic nitrogens is 2. The molecule has 21 heavy (non-hydrogen) atoms. The fraction of sp³-hybridized carbons (Fsp3) is 0.0769. The predicted octanol–water partition coefficient (Wildman–Crippen LogP) is 4.26. The van der Waals surface area contributed by atoms with Crippen molar-refractivity contribution in [2.24, 2.45) is 0 Å². The van der Waals surface area contributed by atoms with E-state index < -0.39 is 0 Å². The Morgan fingerprint density at radius 1 is 1.38 bits per heavy atom. The van der Waals surface area contributed by atoms with Gasteiger partial charge in [0, 0.05) is 16.5 Å². The van der Waals surface area contributed by atoms with Crippen molar-refractivity contribution >= 4 is 66.8 Å². The Kier molecular flexibility index (Phi) is 3.22. The molecule has 0 atom stereocenters. The number of amides is 1. The highest BCUT2D eigenvalue weighted by atomic mass is 35.5. The largest absolute Gasteiger partial charge is 0.346 e. The summed E-state index contributed by atoms with van der Waals surface area (Å²) in [4.78, 5) is 20.3. The summed E-state index contributed by atoms with van der Waals surface area (Å²) in [5.41, 5.74) is 0.987. The van der Waals surface area contributed by atoms with Gasteiger partial charge in [0.1, 0.15) is 4.83 Å². The lowest BCUT2D eigenvalue weighted by Gasteiger charge is -2.00. The van der Waals surface area contributed by atoms with Gasteiger partial charge in [-0.05, 0) is 18.2 Å². The first kappa shape index (κ1) is 13.3. The first-order chi connectivity index (χ1) is 10.2. The van der Waals surface area contributed by atoms with E-state index in [-0.39, 0.29) is 5.91 Å². The summed E-state index contributed by atoms with van der Waals surface area (Å²) < 4.78 is 2.74. The topological polar surface area (TPSA) is 46.4 Å². The average molecular weight is 354 g/mol. The minimum Gasteiger partial charge on any atom is -0.346 e. The second kappa shape index (κ2) is 5.10. The Balaban J connectivity index is 1.57. The molecule has 4 aromatic rings. The summed E-state index contributed by atoms with van der Waals surface area (Å²) in [7, 11) is 0. The number of thiazole rings is 1. The quantitative estimate of drug-likeness (QED) is 0.598. The van der Waals surface area contributed by atoms with Crippen LogP contribution in [0.25, 0.3) is 15.3 Å². The zero-order valence-electron chi connectivity index (χ0n) is 10.5. The van der Waals surface area contributed by atoms with Crippen LogP contribution in [-0.4, -0.2) is 15.3 Å². The Bertz CT molecular complexity index is 948. The number of hydrogen-bond acceptors (Lipinski definition) is 5. The van der Waals surface area contributed by atoms with Crippen molar-refractivity contribution in [1.29, 1.82) is 0 Å². The molecule has 0 spiro atoms. The number of imidazole rings is 1. The molecule has 4 rings (SSSR count). The van der Waals surface area contributed by atoms with E-state index in [4.69, 9.17) is 11.6 Å². The lowest BCUT2D eigenvalue weighted by atomic mass is 10.4. The third kappa shape index (κ3) is 2.36. The molecular weight excluding hydrogens is 346 g/mol. The molecule has 4 aromatic heterocycles. The van der Waals surface area contributed by atoms with E-state index in [1.165, 1.54) is 22.7 Å². The molecule has 0 unspecified atom stereocenters. The summed E-state index contributed by atoms with van der Waals surface area (Å²) in [6.45, 7) is 0.493. The Hall–Kier alpha value is -1.41. The Morgan fingerprint density at radius 3 is 3.10 bits per heavy atom. The number of hydrogen-bond donors (Lipinski definition) is 1. The van der Waals surface area contributed by atoms with E-state index in [0.29, 0.717) is 11.4 Å². The van der Waals surface area contributed by atoms with Gasteiger partial charge in [-0.15, -0.1) is 34.0 Å². The van der Waals surface area contributed by atoms with E-state index in [1.807, 2.05) is 34.2 Å². The zero-order valence-corrected chi connectivity index (χ0v) is 13.7. The maximum atomic E-state index is 12.2. The van der Waals surface area contributed by atoms with Gasteiger partial charge in [0.05, 0.1) is 21.3 Å². The predicted molar refractivity (Wildman–Crippen MR) is 89.0 cm³/mol. The smallest absolute Gasteiger partial charge is 0.261 e. The van der Waals surface area contributed by atoms with Gasteiger partial charge >= 0.3 is 0 Å². The number of carbonyl (C=O) groups is 1. The molecule has 0 aliphatic carbocycles. The number of carbonyl (C=O) groups excluding carboxylic acids is 1. The van der Waals surface area contributed by atoms with E-state index in [0.717, 1.165) is 24.5 Å². The molecule has 0 fully saturated rings. The van der Waals surface area contributed by atoms with E-state index >= 15 is 0 Å². The number of fused-ring (bicyclic) bond motifs is 3. The van der Waals surface area contributed by atoms with Crippen molar-refractivity contribution in [1.82, 2.24) is 14.7 Å². The van der Waals surface area contributed by atoms with Crippen LogP contribution < -0.4 is 5.32 Å². The van der Waals surface area contributed by atoms with E-state index in [2.05, 4.69) is 10.3 Å². The first-order valence-corrected chi connectivity index (χ1v) is 8.97. The van der Waals surface area contributed by atoms with Gasteiger partial charge in [0.15, 0.2) is 4.96 Å². The van der Waals surface area contributed by atoms with Gasteiger partial charge in [-0.3, -0.25) is 9.20 Å². The average Bonchev–Trinajstić information content (AvgIpc) is 3.16. The molecule has 106 valence electrons. The van der Waals surface area contributed by atoms with Crippen LogP contribution in [0.1, 0.15) is 14.5 Å². The number of halogens is 1. The highest BCUT2D eigenvalue weighted by molar-refractivity contribution is 7.21. The summed E-state index contributed by atoms with van der Waals surface area (Å²) >= 11 is 10.4. The molecule has 4 nitrogen and oxygen atoms in total. The minimum absolute atomic E-state index is 0.0773. The highest BCUT2D eigenvalue weighted by Crippen LogP contribution is 2.28. The maximum absolute atomic E-state index is 12.2. The van der Waals surface area contributed by atoms with Crippen LogP contribution >= 0.6 is 45.6 Å². The Labute approximate surface area is 136 Å². The molecule has 0 saturated carbocycles. The molecule has 0 saturated heterocycles. The molecule has 0 radical (unpaired) electrons. The van der Waals surface area contributed by atoms with Crippen molar-refractivity contribution in [3.05, 3.63) is 43.9 Å². The van der Waals surface area contributed by atoms with Crippen molar-refractivity contribution < 1.29 is 4.79 Å². The fourth-order valence-electron chi connectivity index (χ4n) is 2.06. The van der Waals surface area contributed by atoms with E-state index in [1.54, 1.807) is 11.3 Å². The monoisotopic (exact) mass is 353 g/mol. The van der Waals surface area contributed by atoms with E-state index in [9.17, 15) is 4.79 Å². The minimum atomic E-state index is -0.0773. The summed E-state index contributed by atoms with van der Waals surface area (Å²) in [5, 5.41) is 4.90. The van der Waals surface area contributed by atoms with Gasteiger partial charge in [0.25, 0.3) is 5.91 Å². The number of nitrogens with zero attached hydrogens (tertiary/aromatic N) is 2. The lowest BCUT2D eigenvalue weighted by Crippen LogP contribution is -2.21. The van der Waals surface area contributed by atoms with Crippen LogP contribution in [0, 0.1) is 0 Å². The summed E-state index contributed by atoms with van der Waals surface area (Å²) in [6, 6.07) is 5.65. The summed E-state index contributed by atoms with van der Waals surface area (Å²) in [5.74, 6) is -0.0773. The highest BCUT2D eigenvalue weighted by Gasteiger charge is 2.15. The molecule has 0 aliphatic heterocycles.